The minimum absolute atomic E-state index is 0. The average molecular weight is 1100 g/mol. The van der Waals surface area contributed by atoms with Crippen molar-refractivity contribution < 1.29 is 134 Å². The number of hydrogen-bond donors (Lipinski definition) is 5. The number of phenols is 3. The number of ether oxygens (including phenoxy) is 6. The Morgan fingerprint density at radius 1 is 0.554 bits per heavy atom. The Morgan fingerprint density at radius 3 is 1.42 bits per heavy atom. The number of phenolic OH excluding ortho intramolecular Hbond substituents is 3. The maximum absolute atomic E-state index is 13.8. The Bertz CT molecular complexity index is 2460. The number of nitrogens with two attached hydrogens (primary N) is 2. The molecule has 7 N–H and O–H groups in total. The van der Waals surface area contributed by atoms with Crippen LogP contribution in [0.1, 0.15) is 51.1 Å². The third-order valence-corrected chi connectivity index (χ3v) is 8.11. The van der Waals surface area contributed by atoms with E-state index in [-0.39, 0.29) is 53.0 Å². The summed E-state index contributed by atoms with van der Waals surface area (Å²) in [5.74, 6) is -1.67. The first-order valence-electron chi connectivity index (χ1n) is 19.9. The molecule has 1 aliphatic heterocycles. The van der Waals surface area contributed by atoms with Crippen molar-refractivity contribution in [3.63, 3.8) is 0 Å². The lowest BCUT2D eigenvalue weighted by Crippen LogP contribution is -3.00. The van der Waals surface area contributed by atoms with Crippen LogP contribution in [0.25, 0.3) is 0 Å². The van der Waals surface area contributed by atoms with Gasteiger partial charge < -0.3 is 87.9 Å². The number of benzene rings is 4. The highest BCUT2D eigenvalue weighted by Crippen LogP contribution is 2.27. The van der Waals surface area contributed by atoms with Crippen molar-refractivity contribution in [2.24, 2.45) is 22.1 Å². The predicted octanol–water partition coefficient (Wildman–Crippen LogP) is -1.90. The molecule has 0 spiro atoms. The molecule has 5 rings (SSSR count). The summed E-state index contributed by atoms with van der Waals surface area (Å²) in [7, 11) is 9.62. The second-order valence-electron chi connectivity index (χ2n) is 12.8. The molecular weight excluding hydrogens is 1050 g/mol. The normalized spacial score (nSPS) is 12.1. The molecule has 23 nitrogen and oxygen atoms in total. The van der Waals surface area contributed by atoms with E-state index in [1.807, 2.05) is 0 Å². The molecule has 1 unspecified atom stereocenters. The summed E-state index contributed by atoms with van der Waals surface area (Å²) in [5, 5.41) is 34.8. The summed E-state index contributed by atoms with van der Waals surface area (Å²) in [5.41, 5.74) is -1.68. The van der Waals surface area contributed by atoms with E-state index in [2.05, 4.69) is 60.4 Å². The van der Waals surface area contributed by atoms with E-state index < -0.39 is 93.5 Å². The summed E-state index contributed by atoms with van der Waals surface area (Å²) in [4.78, 5) is 84.0. The molecule has 0 amide bonds. The van der Waals surface area contributed by atoms with Crippen molar-refractivity contribution in [2.75, 3.05) is 63.5 Å². The fraction of sp³-hybridized carbons (Fsp3) is 0.289. The zero-order valence-corrected chi connectivity index (χ0v) is 42.0. The van der Waals surface area contributed by atoms with E-state index in [9.17, 15) is 56.5 Å². The van der Waals surface area contributed by atoms with Gasteiger partial charge in [0.25, 0.3) is 11.6 Å². The van der Waals surface area contributed by atoms with Crippen molar-refractivity contribution in [1.29, 1.82) is 0 Å². The zero-order valence-electron chi connectivity index (χ0n) is 40.5. The van der Waals surface area contributed by atoms with Crippen LogP contribution in [0, 0.1) is 23.3 Å². The van der Waals surface area contributed by atoms with Crippen LogP contribution in [-0.4, -0.2) is 132 Å². The van der Waals surface area contributed by atoms with E-state index in [1.165, 1.54) is 58.8 Å². The predicted molar refractivity (Wildman–Crippen MR) is 241 cm³/mol. The molecule has 0 aromatic heterocycles. The van der Waals surface area contributed by atoms with Crippen LogP contribution in [0.5, 0.6) is 23.0 Å². The topological polar surface area (TPSA) is 332 Å². The number of oxime groups is 2. The van der Waals surface area contributed by atoms with Crippen LogP contribution in [0.2, 0.25) is 0 Å². The Morgan fingerprint density at radius 2 is 0.986 bits per heavy atom. The van der Waals surface area contributed by atoms with Gasteiger partial charge in [-0.3, -0.25) is 9.59 Å². The van der Waals surface area contributed by atoms with E-state index in [0.29, 0.717) is 13.0 Å². The van der Waals surface area contributed by atoms with Crippen LogP contribution in [-0.2, 0) is 62.2 Å². The molecule has 4 aromatic carbocycles. The van der Waals surface area contributed by atoms with Crippen molar-refractivity contribution in [2.45, 2.75) is 25.6 Å². The smallest absolute Gasteiger partial charge is 0.379 e. The first-order valence-corrected chi connectivity index (χ1v) is 19.9. The number of methoxy groups -OCH3 is 4. The van der Waals surface area contributed by atoms with E-state index in [0.717, 1.165) is 83.7 Å². The molecule has 0 bridgehead atoms. The lowest BCUT2D eigenvalue weighted by atomic mass is 10.1. The van der Waals surface area contributed by atoms with Crippen LogP contribution >= 0.6 is 0 Å². The van der Waals surface area contributed by atoms with Gasteiger partial charge >= 0.3 is 23.9 Å². The standard InChI is InChI=1S/C14H15FO5.2C10H10FNO4.C9H7FO4.2CH5NO.2ClH/c1-18-14(17)13(16)12-9(15)5-4-6-10(12)20-11-7-2-3-8-19-11;1-15-10(14)9(12-16-2)7-4-3-6(11)5-8(7)13;1-15-10(14)9(12-16-2)8-6(11)4-3-5-7(8)13;1-14-9(13)8(12)6-3-2-5(10)4-7(6)11;2*1-3-2;;/h4-6,11H,2-3,7-8H2,1H3;2*3-5,13H,1-2H3;2-4,11H,1H3;2*2H2,1H3;2*1H/p-2. The molecule has 0 radical (unpaired) electrons. The summed E-state index contributed by atoms with van der Waals surface area (Å²) in [6, 6.07) is 13.4. The molecule has 74 heavy (non-hydrogen) atoms. The van der Waals surface area contributed by atoms with E-state index in [1.54, 1.807) is 0 Å². The number of ketones is 2. The molecule has 1 saturated heterocycles. The first kappa shape index (κ1) is 70.6. The van der Waals surface area contributed by atoms with Crippen molar-refractivity contribution in [1.82, 2.24) is 0 Å². The van der Waals surface area contributed by atoms with Crippen LogP contribution in [0.15, 0.2) is 83.1 Å². The van der Waals surface area contributed by atoms with Crippen molar-refractivity contribution >= 4 is 46.9 Å². The van der Waals surface area contributed by atoms with Gasteiger partial charge in [-0.15, -0.1) is 0 Å². The third kappa shape index (κ3) is 23.7. The van der Waals surface area contributed by atoms with Gasteiger partial charge in [0.2, 0.25) is 5.71 Å². The number of rotatable bonds is 12. The van der Waals surface area contributed by atoms with Crippen LogP contribution in [0.4, 0.5) is 17.6 Å². The number of aromatic hydroxyl groups is 3. The Hall–Kier alpha value is -7.66. The number of esters is 4. The number of Topliss-reactive ketones (excluding diaryl/α,β-unsaturated/α-hetero) is 2. The third-order valence-electron chi connectivity index (χ3n) is 8.11. The van der Waals surface area contributed by atoms with Gasteiger partial charge in [-0.25, -0.2) is 48.5 Å². The SMILES string of the molecule is COC(=O)C(=O)c1c(F)cccc1OC1CCCCO1.COC(=O)C(=O)c1ccc(F)cc1O.CON.CON.CON=C(C(=O)OC)c1c(O)cccc1F.CON=C(C(=O)OC)c1ccc(F)cc1O.[Cl-].[Cl-]. The molecule has 0 aliphatic carbocycles. The molecule has 1 fully saturated rings. The van der Waals surface area contributed by atoms with E-state index >= 15 is 0 Å². The Labute approximate surface area is 432 Å². The van der Waals surface area contributed by atoms with Crippen molar-refractivity contribution in [3.8, 4) is 23.0 Å². The molecule has 4 aromatic rings. The van der Waals surface area contributed by atoms with Gasteiger partial charge in [-0.2, -0.15) is 0 Å². The summed E-state index contributed by atoms with van der Waals surface area (Å²) < 4.78 is 80.7. The van der Waals surface area contributed by atoms with Crippen LogP contribution in [0.3, 0.4) is 0 Å². The monoisotopic (exact) mass is 1100 g/mol. The van der Waals surface area contributed by atoms with Gasteiger partial charge in [-0.05, 0) is 61.4 Å². The van der Waals surface area contributed by atoms with Gasteiger partial charge in [0.1, 0.15) is 66.0 Å². The minimum Gasteiger partial charge on any atom is -1.00 e. The van der Waals surface area contributed by atoms with Crippen LogP contribution < -0.4 is 41.3 Å². The quantitative estimate of drug-likeness (QED) is 0.0197. The number of nitrogens with zero attached hydrogens (tertiary/aromatic N) is 2. The molecule has 1 atom stereocenters. The summed E-state index contributed by atoms with van der Waals surface area (Å²) in [6.07, 6.45) is 1.99. The number of halogens is 6. The van der Waals surface area contributed by atoms with Gasteiger partial charge in [-0.1, -0.05) is 22.4 Å². The fourth-order valence-corrected chi connectivity index (χ4v) is 5.07. The Kier molecular flexibility index (Phi) is 37.2. The lowest BCUT2D eigenvalue weighted by molar-refractivity contribution is -0.136. The first-order chi connectivity index (χ1) is 34.2. The summed E-state index contributed by atoms with van der Waals surface area (Å²) >= 11 is 0. The molecule has 1 aliphatic rings. The fourth-order valence-electron chi connectivity index (χ4n) is 5.07. The number of hydrogen-bond acceptors (Lipinski definition) is 23. The molecule has 0 saturated carbocycles. The maximum Gasteiger partial charge on any atom is 0.379 e. The molecular formula is C45H52Cl2F4N4O19-2. The zero-order chi connectivity index (χ0) is 54.9. The number of carbonyl (C=O) groups excluding carboxylic acids is 6. The summed E-state index contributed by atoms with van der Waals surface area (Å²) in [6.45, 7) is 0.556. The molecule has 29 heteroatoms. The molecule has 410 valence electrons. The second-order valence-corrected chi connectivity index (χ2v) is 12.8. The lowest BCUT2D eigenvalue weighted by Gasteiger charge is -2.24. The molecule has 1 heterocycles. The number of carbonyl (C=O) groups is 6. The largest absolute Gasteiger partial charge is 1.00 e. The Balaban J connectivity index is -0.000000874. The highest BCUT2D eigenvalue weighted by atomic mass is 35.5. The van der Waals surface area contributed by atoms with Crippen molar-refractivity contribution in [3.05, 3.63) is 118 Å². The van der Waals surface area contributed by atoms with Gasteiger partial charge in [0.05, 0.1) is 66.0 Å². The highest BCUT2D eigenvalue weighted by molar-refractivity contribution is 6.44. The second kappa shape index (κ2) is 38.9. The maximum atomic E-state index is 13.8. The highest BCUT2D eigenvalue weighted by Gasteiger charge is 2.28. The minimum atomic E-state index is -1.13. The van der Waals surface area contributed by atoms with Gasteiger partial charge in [0.15, 0.2) is 12.0 Å². The van der Waals surface area contributed by atoms with Gasteiger partial charge in [0, 0.05) is 18.6 Å². The van der Waals surface area contributed by atoms with E-state index in [4.69, 9.17) is 14.6 Å². The average Bonchev–Trinajstić information content (AvgIpc) is 3.35.